The van der Waals surface area contributed by atoms with Gasteiger partial charge in [0.1, 0.15) is 5.60 Å². The van der Waals surface area contributed by atoms with E-state index in [-0.39, 0.29) is 12.1 Å². The third kappa shape index (κ3) is 6.22. The molecule has 4 nitrogen and oxygen atoms in total. The zero-order chi connectivity index (χ0) is 16.9. The first-order chi connectivity index (χ1) is 10.8. The number of carbonyl (C=O) groups excluding carboxylic acids is 1. The molecule has 1 aliphatic rings. The molecule has 4 heteroatoms. The number of rotatable bonds is 4. The minimum absolute atomic E-state index is 0.0612. The van der Waals surface area contributed by atoms with Crippen molar-refractivity contribution in [2.24, 2.45) is 0 Å². The Morgan fingerprint density at radius 2 is 1.78 bits per heavy atom. The van der Waals surface area contributed by atoms with Crippen LogP contribution in [0.3, 0.4) is 0 Å². The molecule has 1 aliphatic heterocycles. The number of piperidine rings is 1. The monoisotopic (exact) mass is 318 g/mol. The molecule has 1 unspecified atom stereocenters. The van der Waals surface area contributed by atoms with Crippen LogP contribution in [0.2, 0.25) is 0 Å². The summed E-state index contributed by atoms with van der Waals surface area (Å²) in [7, 11) is 0. The molecule has 1 heterocycles. The summed E-state index contributed by atoms with van der Waals surface area (Å²) in [6.07, 6.45) is 3.62. The van der Waals surface area contributed by atoms with Crippen molar-refractivity contribution in [2.75, 3.05) is 13.1 Å². The Morgan fingerprint density at radius 1 is 1.17 bits per heavy atom. The quantitative estimate of drug-likeness (QED) is 0.902. The normalized spacial score (nSPS) is 17.6. The van der Waals surface area contributed by atoms with Crippen molar-refractivity contribution < 1.29 is 9.53 Å². The fourth-order valence-corrected chi connectivity index (χ4v) is 2.86. The Labute approximate surface area is 140 Å². The van der Waals surface area contributed by atoms with Crippen molar-refractivity contribution in [3.63, 3.8) is 0 Å². The van der Waals surface area contributed by atoms with Crippen LogP contribution in [0.4, 0.5) is 4.79 Å². The van der Waals surface area contributed by atoms with Gasteiger partial charge in [-0.15, -0.1) is 0 Å². The molecule has 128 valence electrons. The van der Waals surface area contributed by atoms with E-state index in [1.807, 2.05) is 27.7 Å². The number of benzene rings is 1. The number of amides is 1. The van der Waals surface area contributed by atoms with E-state index in [0.29, 0.717) is 0 Å². The van der Waals surface area contributed by atoms with E-state index in [4.69, 9.17) is 4.74 Å². The van der Waals surface area contributed by atoms with Crippen LogP contribution in [0.1, 0.15) is 64.1 Å². The van der Waals surface area contributed by atoms with E-state index in [0.717, 1.165) is 12.1 Å². The molecule has 1 amide bonds. The van der Waals surface area contributed by atoms with Gasteiger partial charge in [0.05, 0.1) is 6.04 Å². The molecule has 0 spiro atoms. The summed E-state index contributed by atoms with van der Waals surface area (Å²) in [5, 5.41) is 2.88. The van der Waals surface area contributed by atoms with Crippen LogP contribution in [0, 0.1) is 0 Å². The van der Waals surface area contributed by atoms with Crippen molar-refractivity contribution in [3.8, 4) is 0 Å². The lowest BCUT2D eigenvalue weighted by Gasteiger charge is -2.26. The molecule has 1 fully saturated rings. The maximum absolute atomic E-state index is 11.8. The smallest absolute Gasteiger partial charge is 0.408 e. The van der Waals surface area contributed by atoms with E-state index in [9.17, 15) is 4.79 Å². The van der Waals surface area contributed by atoms with E-state index in [2.05, 4.69) is 34.5 Å². The molecule has 0 saturated carbocycles. The van der Waals surface area contributed by atoms with Crippen LogP contribution in [-0.2, 0) is 11.3 Å². The first-order valence-corrected chi connectivity index (χ1v) is 8.64. The van der Waals surface area contributed by atoms with Gasteiger partial charge in [-0.05, 0) is 64.8 Å². The second-order valence-corrected chi connectivity index (χ2v) is 7.45. The van der Waals surface area contributed by atoms with Crippen molar-refractivity contribution in [1.29, 1.82) is 0 Å². The Morgan fingerprint density at radius 3 is 2.35 bits per heavy atom. The van der Waals surface area contributed by atoms with Crippen LogP contribution in [0.15, 0.2) is 24.3 Å². The lowest BCUT2D eigenvalue weighted by Crippen LogP contribution is -2.34. The summed E-state index contributed by atoms with van der Waals surface area (Å²) in [6, 6.07) is 8.46. The molecule has 0 aliphatic carbocycles. The first-order valence-electron chi connectivity index (χ1n) is 8.64. The molecule has 1 saturated heterocycles. The fourth-order valence-electron chi connectivity index (χ4n) is 2.86. The highest BCUT2D eigenvalue weighted by Crippen LogP contribution is 2.17. The summed E-state index contributed by atoms with van der Waals surface area (Å²) < 4.78 is 5.30. The molecule has 0 radical (unpaired) electrons. The Bertz CT molecular complexity index is 499. The van der Waals surface area contributed by atoms with Gasteiger partial charge in [0.2, 0.25) is 0 Å². The second-order valence-electron chi connectivity index (χ2n) is 7.45. The highest BCUT2D eigenvalue weighted by atomic mass is 16.6. The fraction of sp³-hybridized carbons (Fsp3) is 0.632. The maximum atomic E-state index is 11.8. The largest absolute Gasteiger partial charge is 0.444 e. The predicted molar refractivity (Wildman–Crippen MR) is 93.4 cm³/mol. The van der Waals surface area contributed by atoms with Gasteiger partial charge >= 0.3 is 6.09 Å². The van der Waals surface area contributed by atoms with Gasteiger partial charge in [-0.1, -0.05) is 30.7 Å². The number of alkyl carbamates (subject to hydrolysis) is 1. The summed E-state index contributed by atoms with van der Waals surface area (Å²) in [6.45, 7) is 11.0. The SMILES string of the molecule is CC(NC(=O)OC(C)(C)C)c1ccc(CN2CCCCC2)cc1. The summed E-state index contributed by atoms with van der Waals surface area (Å²) in [5.74, 6) is 0. The first kappa shape index (κ1) is 17.8. The molecule has 1 aromatic carbocycles. The minimum Gasteiger partial charge on any atom is -0.444 e. The standard InChI is InChI=1S/C19H30N2O2/c1-15(20-18(22)23-19(2,3)4)17-10-8-16(9-11-17)14-21-12-6-5-7-13-21/h8-11,15H,5-7,12-14H2,1-4H3,(H,20,22). The summed E-state index contributed by atoms with van der Waals surface area (Å²) in [4.78, 5) is 14.3. The topological polar surface area (TPSA) is 41.6 Å². The summed E-state index contributed by atoms with van der Waals surface area (Å²) in [5.41, 5.74) is 1.96. The number of nitrogens with one attached hydrogen (secondary N) is 1. The van der Waals surface area contributed by atoms with E-state index in [1.54, 1.807) is 0 Å². The van der Waals surface area contributed by atoms with Gasteiger partial charge in [0.25, 0.3) is 0 Å². The lowest BCUT2D eigenvalue weighted by atomic mass is 10.0. The second kappa shape index (κ2) is 7.82. The number of ether oxygens (including phenoxy) is 1. The molecule has 23 heavy (non-hydrogen) atoms. The van der Waals surface area contributed by atoms with Crippen molar-refractivity contribution in [3.05, 3.63) is 35.4 Å². The Kier molecular flexibility index (Phi) is 6.05. The Balaban J connectivity index is 1.86. The molecule has 1 aromatic rings. The molecular weight excluding hydrogens is 288 g/mol. The van der Waals surface area contributed by atoms with Crippen LogP contribution >= 0.6 is 0 Å². The highest BCUT2D eigenvalue weighted by Gasteiger charge is 2.18. The number of hydrogen-bond donors (Lipinski definition) is 1. The van der Waals surface area contributed by atoms with Crippen LogP contribution in [0.5, 0.6) is 0 Å². The zero-order valence-electron chi connectivity index (χ0n) is 14.9. The van der Waals surface area contributed by atoms with E-state index >= 15 is 0 Å². The number of hydrogen-bond acceptors (Lipinski definition) is 3. The lowest BCUT2D eigenvalue weighted by molar-refractivity contribution is 0.0508. The highest BCUT2D eigenvalue weighted by molar-refractivity contribution is 5.68. The van der Waals surface area contributed by atoms with E-state index in [1.165, 1.54) is 37.9 Å². The van der Waals surface area contributed by atoms with Crippen LogP contribution < -0.4 is 5.32 Å². The van der Waals surface area contributed by atoms with Crippen molar-refractivity contribution in [2.45, 2.75) is 65.1 Å². The van der Waals surface area contributed by atoms with Crippen molar-refractivity contribution >= 4 is 6.09 Å². The average molecular weight is 318 g/mol. The Hall–Kier alpha value is -1.55. The van der Waals surface area contributed by atoms with E-state index < -0.39 is 5.60 Å². The molecule has 1 atom stereocenters. The molecule has 0 bridgehead atoms. The zero-order valence-corrected chi connectivity index (χ0v) is 14.9. The van der Waals surface area contributed by atoms with Crippen LogP contribution in [-0.4, -0.2) is 29.7 Å². The van der Waals surface area contributed by atoms with Gasteiger partial charge in [-0.2, -0.15) is 0 Å². The third-order valence-corrected chi connectivity index (χ3v) is 4.07. The van der Waals surface area contributed by atoms with Gasteiger partial charge in [0.15, 0.2) is 0 Å². The van der Waals surface area contributed by atoms with Crippen LogP contribution in [0.25, 0.3) is 0 Å². The third-order valence-electron chi connectivity index (χ3n) is 4.07. The number of likely N-dealkylation sites (tertiary alicyclic amines) is 1. The molecule has 2 rings (SSSR count). The van der Waals surface area contributed by atoms with Crippen molar-refractivity contribution in [1.82, 2.24) is 10.2 Å². The molecule has 0 aromatic heterocycles. The maximum Gasteiger partial charge on any atom is 0.408 e. The minimum atomic E-state index is -0.470. The van der Waals surface area contributed by atoms with Gasteiger partial charge in [-0.3, -0.25) is 4.90 Å². The van der Waals surface area contributed by atoms with Gasteiger partial charge < -0.3 is 10.1 Å². The van der Waals surface area contributed by atoms with Gasteiger partial charge in [0, 0.05) is 6.54 Å². The summed E-state index contributed by atoms with van der Waals surface area (Å²) >= 11 is 0. The number of nitrogens with zero attached hydrogens (tertiary/aromatic N) is 1. The molecular formula is C19H30N2O2. The average Bonchev–Trinajstić information content (AvgIpc) is 2.47. The molecule has 1 N–H and O–H groups in total. The predicted octanol–water partition coefficient (Wildman–Crippen LogP) is 4.26. The van der Waals surface area contributed by atoms with Gasteiger partial charge in [-0.25, -0.2) is 4.79 Å². The number of carbonyl (C=O) groups is 1.